The molecular formula is C32H36O4. The van der Waals surface area contributed by atoms with Gasteiger partial charge in [0.15, 0.2) is 0 Å². The van der Waals surface area contributed by atoms with E-state index >= 15 is 0 Å². The number of esters is 2. The van der Waals surface area contributed by atoms with Crippen LogP contribution in [0.2, 0.25) is 0 Å². The highest BCUT2D eigenvalue weighted by Gasteiger charge is 2.16. The summed E-state index contributed by atoms with van der Waals surface area (Å²) in [5.74, 6) is -0.0190. The Kier molecular flexibility index (Phi) is 10.5. The summed E-state index contributed by atoms with van der Waals surface area (Å²) in [6.07, 6.45) is 10.7. The van der Waals surface area contributed by atoms with E-state index in [0.29, 0.717) is 28.2 Å². The van der Waals surface area contributed by atoms with Crippen LogP contribution in [-0.2, 0) is 12.8 Å². The summed E-state index contributed by atoms with van der Waals surface area (Å²) in [5, 5.41) is 0. The second-order valence-electron chi connectivity index (χ2n) is 8.99. The van der Waals surface area contributed by atoms with Crippen molar-refractivity contribution in [1.82, 2.24) is 0 Å². The minimum absolute atomic E-state index is 0.338. The van der Waals surface area contributed by atoms with Gasteiger partial charge in [-0.25, -0.2) is 9.59 Å². The lowest BCUT2D eigenvalue weighted by Gasteiger charge is -2.10. The lowest BCUT2D eigenvalue weighted by molar-refractivity contribution is 0.0720. The van der Waals surface area contributed by atoms with Gasteiger partial charge in [-0.3, -0.25) is 0 Å². The van der Waals surface area contributed by atoms with Crippen LogP contribution >= 0.6 is 0 Å². The number of hydrogen-bond donors (Lipinski definition) is 0. The predicted octanol–water partition coefficient (Wildman–Crippen LogP) is 8.23. The SMILES string of the molecule is C=Cc1cc(C(=O)Oc2ccc(CCCCC)cc2)ccc1C(=O)Oc1ccc(CCCCC)cc1. The summed E-state index contributed by atoms with van der Waals surface area (Å²) < 4.78 is 11.1. The fraction of sp³-hybridized carbons (Fsp3) is 0.312. The van der Waals surface area contributed by atoms with Gasteiger partial charge in [0.05, 0.1) is 11.1 Å². The van der Waals surface area contributed by atoms with Crippen LogP contribution in [0.5, 0.6) is 11.5 Å². The number of carbonyl (C=O) groups excluding carboxylic acids is 2. The molecule has 0 heterocycles. The number of hydrogen-bond acceptors (Lipinski definition) is 4. The molecule has 0 spiro atoms. The van der Waals surface area contributed by atoms with Crippen LogP contribution in [-0.4, -0.2) is 11.9 Å². The van der Waals surface area contributed by atoms with Gasteiger partial charge in [-0.1, -0.05) is 76.5 Å². The minimum Gasteiger partial charge on any atom is -0.423 e. The molecule has 36 heavy (non-hydrogen) atoms. The molecule has 0 saturated heterocycles. The molecule has 0 aliphatic heterocycles. The number of carbonyl (C=O) groups is 2. The molecule has 188 valence electrons. The van der Waals surface area contributed by atoms with Gasteiger partial charge in [0.1, 0.15) is 11.5 Å². The second-order valence-corrected chi connectivity index (χ2v) is 8.99. The number of rotatable bonds is 13. The van der Waals surface area contributed by atoms with Crippen LogP contribution in [0, 0.1) is 0 Å². The zero-order valence-corrected chi connectivity index (χ0v) is 21.4. The Bertz CT molecular complexity index is 1140. The third kappa shape index (κ3) is 7.94. The Labute approximate surface area is 215 Å². The molecule has 0 fully saturated rings. The van der Waals surface area contributed by atoms with Crippen LogP contribution in [0.3, 0.4) is 0 Å². The highest BCUT2D eigenvalue weighted by atomic mass is 16.5. The summed E-state index contributed by atoms with van der Waals surface area (Å²) in [7, 11) is 0. The number of ether oxygens (including phenoxy) is 2. The Morgan fingerprint density at radius 3 is 1.67 bits per heavy atom. The van der Waals surface area contributed by atoms with Gasteiger partial charge in [-0.05, 0) is 84.8 Å². The van der Waals surface area contributed by atoms with Gasteiger partial charge >= 0.3 is 11.9 Å². The topological polar surface area (TPSA) is 52.6 Å². The molecule has 3 rings (SSSR count). The van der Waals surface area contributed by atoms with E-state index in [1.807, 2.05) is 48.5 Å². The smallest absolute Gasteiger partial charge is 0.344 e. The number of benzene rings is 3. The van der Waals surface area contributed by atoms with Crippen LogP contribution in [0.15, 0.2) is 73.3 Å². The lowest BCUT2D eigenvalue weighted by Crippen LogP contribution is -2.13. The standard InChI is InChI=1S/C32H36O4/c1-4-7-9-11-24-13-18-28(19-14-24)35-31(33)27-17-22-30(26(6-3)23-27)32(34)36-29-20-15-25(16-21-29)12-10-8-5-2/h6,13-23H,3-5,7-12H2,1-2H3. The van der Waals surface area contributed by atoms with Crippen molar-refractivity contribution in [3.05, 3.63) is 101 Å². The molecule has 0 aromatic heterocycles. The molecule has 3 aromatic rings. The molecule has 0 aliphatic rings. The molecule has 0 radical (unpaired) electrons. The van der Waals surface area contributed by atoms with Crippen molar-refractivity contribution in [2.24, 2.45) is 0 Å². The van der Waals surface area contributed by atoms with E-state index in [9.17, 15) is 9.59 Å². The Morgan fingerprint density at radius 1 is 0.694 bits per heavy atom. The third-order valence-electron chi connectivity index (χ3n) is 6.13. The van der Waals surface area contributed by atoms with Crippen molar-refractivity contribution in [2.75, 3.05) is 0 Å². The molecule has 0 bridgehead atoms. The first-order valence-corrected chi connectivity index (χ1v) is 12.9. The van der Waals surface area contributed by atoms with E-state index in [2.05, 4.69) is 20.4 Å². The summed E-state index contributed by atoms with van der Waals surface area (Å²) in [4.78, 5) is 25.5. The quantitative estimate of drug-likeness (QED) is 0.139. The van der Waals surface area contributed by atoms with Crippen LogP contribution < -0.4 is 9.47 Å². The maximum Gasteiger partial charge on any atom is 0.344 e. The molecule has 0 amide bonds. The maximum atomic E-state index is 12.8. The zero-order chi connectivity index (χ0) is 25.8. The van der Waals surface area contributed by atoms with E-state index in [4.69, 9.17) is 9.47 Å². The van der Waals surface area contributed by atoms with Gasteiger partial charge in [0, 0.05) is 0 Å². The first-order valence-electron chi connectivity index (χ1n) is 12.9. The van der Waals surface area contributed by atoms with Crippen molar-refractivity contribution in [2.45, 2.75) is 65.2 Å². The molecular weight excluding hydrogens is 448 g/mol. The monoisotopic (exact) mass is 484 g/mol. The largest absolute Gasteiger partial charge is 0.423 e. The number of aryl methyl sites for hydroxylation is 2. The Balaban J connectivity index is 1.62. The third-order valence-corrected chi connectivity index (χ3v) is 6.13. The molecule has 3 aromatic carbocycles. The van der Waals surface area contributed by atoms with Gasteiger partial charge in [0.2, 0.25) is 0 Å². The molecule has 4 nitrogen and oxygen atoms in total. The highest BCUT2D eigenvalue weighted by molar-refractivity contribution is 5.98. The van der Waals surface area contributed by atoms with E-state index in [1.165, 1.54) is 42.9 Å². The van der Waals surface area contributed by atoms with E-state index in [-0.39, 0.29) is 0 Å². The fourth-order valence-electron chi connectivity index (χ4n) is 3.98. The van der Waals surface area contributed by atoms with Crippen molar-refractivity contribution < 1.29 is 19.1 Å². The van der Waals surface area contributed by atoms with Gasteiger partial charge in [0.25, 0.3) is 0 Å². The normalized spacial score (nSPS) is 10.6. The van der Waals surface area contributed by atoms with E-state index < -0.39 is 11.9 Å². The molecule has 0 atom stereocenters. The van der Waals surface area contributed by atoms with Crippen molar-refractivity contribution in [1.29, 1.82) is 0 Å². The summed E-state index contributed by atoms with van der Waals surface area (Å²) >= 11 is 0. The Morgan fingerprint density at radius 2 is 1.19 bits per heavy atom. The average Bonchev–Trinajstić information content (AvgIpc) is 2.90. The molecule has 0 N–H and O–H groups in total. The molecule has 0 saturated carbocycles. The van der Waals surface area contributed by atoms with Crippen molar-refractivity contribution in [3.63, 3.8) is 0 Å². The molecule has 0 aliphatic carbocycles. The van der Waals surface area contributed by atoms with Crippen molar-refractivity contribution >= 4 is 18.0 Å². The van der Waals surface area contributed by atoms with Gasteiger partial charge < -0.3 is 9.47 Å². The first-order chi connectivity index (χ1) is 17.5. The van der Waals surface area contributed by atoms with Crippen LogP contribution in [0.4, 0.5) is 0 Å². The van der Waals surface area contributed by atoms with Gasteiger partial charge in [-0.15, -0.1) is 0 Å². The second kappa shape index (κ2) is 14.0. The zero-order valence-electron chi connectivity index (χ0n) is 21.4. The van der Waals surface area contributed by atoms with Crippen molar-refractivity contribution in [3.8, 4) is 11.5 Å². The summed E-state index contributed by atoms with van der Waals surface area (Å²) in [6, 6.07) is 20.0. The minimum atomic E-state index is -0.498. The van der Waals surface area contributed by atoms with Gasteiger partial charge in [-0.2, -0.15) is 0 Å². The Hall–Kier alpha value is -3.66. The first kappa shape index (κ1) is 26.9. The lowest BCUT2D eigenvalue weighted by atomic mass is 10.0. The van der Waals surface area contributed by atoms with Crippen LogP contribution in [0.1, 0.15) is 89.8 Å². The number of unbranched alkanes of at least 4 members (excludes halogenated alkanes) is 4. The maximum absolute atomic E-state index is 12.8. The summed E-state index contributed by atoms with van der Waals surface area (Å²) in [5.41, 5.74) is 3.64. The van der Waals surface area contributed by atoms with E-state index in [0.717, 1.165) is 25.7 Å². The summed E-state index contributed by atoms with van der Waals surface area (Å²) in [6.45, 7) is 8.16. The fourth-order valence-corrected chi connectivity index (χ4v) is 3.98. The molecule has 4 heteroatoms. The van der Waals surface area contributed by atoms with E-state index in [1.54, 1.807) is 18.2 Å². The predicted molar refractivity (Wildman–Crippen MR) is 146 cm³/mol. The molecule has 0 unspecified atom stereocenters. The average molecular weight is 485 g/mol. The van der Waals surface area contributed by atoms with Crippen LogP contribution in [0.25, 0.3) is 6.08 Å². The highest BCUT2D eigenvalue weighted by Crippen LogP contribution is 2.21.